The van der Waals surface area contributed by atoms with Gasteiger partial charge in [0.15, 0.2) is 0 Å². The topological polar surface area (TPSA) is 170 Å². The fourth-order valence-corrected chi connectivity index (χ4v) is 5.25. The molecule has 4 aromatic rings. The van der Waals surface area contributed by atoms with Crippen molar-refractivity contribution in [2.24, 2.45) is 0 Å². The Kier molecular flexibility index (Phi) is 5.93. The first-order chi connectivity index (χ1) is 18.1. The van der Waals surface area contributed by atoms with E-state index in [1.807, 2.05) is 0 Å². The largest absolute Gasteiger partial charge is 0.270 e. The van der Waals surface area contributed by atoms with Crippen molar-refractivity contribution in [2.45, 2.75) is 11.4 Å². The molecular formula is C25H16N4O8S. The fraction of sp³-hybridized carbons (Fsp3) is 0.0400. The number of nitrogens with one attached hydrogen (secondary N) is 1. The second-order valence-electron chi connectivity index (χ2n) is 8.35. The molecule has 0 aromatic heterocycles. The molecular weight excluding hydrogens is 516 g/mol. The van der Waals surface area contributed by atoms with E-state index < -0.39 is 43.1 Å². The first kappa shape index (κ1) is 24.7. The van der Waals surface area contributed by atoms with Gasteiger partial charge in [-0.3, -0.25) is 29.8 Å². The Morgan fingerprint density at radius 3 is 1.79 bits per heavy atom. The van der Waals surface area contributed by atoms with Crippen LogP contribution in [-0.2, 0) is 16.6 Å². The zero-order valence-corrected chi connectivity index (χ0v) is 20.0. The van der Waals surface area contributed by atoms with E-state index in [-0.39, 0.29) is 39.0 Å². The molecule has 4 aromatic carbocycles. The van der Waals surface area contributed by atoms with Crippen LogP contribution >= 0.6 is 0 Å². The monoisotopic (exact) mass is 532 g/mol. The van der Waals surface area contributed by atoms with Crippen LogP contribution < -0.4 is 9.62 Å². The van der Waals surface area contributed by atoms with Crippen LogP contribution in [0.4, 0.5) is 17.1 Å². The molecule has 0 fully saturated rings. The second kappa shape index (κ2) is 9.14. The summed E-state index contributed by atoms with van der Waals surface area (Å²) in [5, 5.41) is 23.0. The van der Waals surface area contributed by atoms with E-state index in [4.69, 9.17) is 0 Å². The summed E-state index contributed by atoms with van der Waals surface area (Å²) in [7, 11) is -3.93. The number of carbonyl (C=O) groups is 2. The molecule has 0 atom stereocenters. The Balaban J connectivity index is 1.53. The van der Waals surface area contributed by atoms with Gasteiger partial charge in [0, 0.05) is 36.2 Å². The molecule has 2 amide bonds. The van der Waals surface area contributed by atoms with Crippen molar-refractivity contribution in [3.05, 3.63) is 116 Å². The van der Waals surface area contributed by atoms with Gasteiger partial charge in [0.25, 0.3) is 23.2 Å². The SMILES string of the molecule is O=C1c2cc([N+](=O)[O-])cc3cc([N+](=O)[O-])cc(c23)C(=O)N1c1ccc(S(=O)(=O)NCc2ccccc2)cc1. The molecule has 1 heterocycles. The first-order valence-electron chi connectivity index (χ1n) is 11.0. The van der Waals surface area contributed by atoms with Crippen LogP contribution in [0.5, 0.6) is 0 Å². The quantitative estimate of drug-likeness (QED) is 0.212. The Hall–Kier alpha value is -5.01. The Morgan fingerprint density at radius 2 is 1.29 bits per heavy atom. The maximum Gasteiger partial charge on any atom is 0.270 e. The number of hydrogen-bond acceptors (Lipinski definition) is 8. The lowest BCUT2D eigenvalue weighted by molar-refractivity contribution is -0.385. The van der Waals surface area contributed by atoms with Crippen LogP contribution in [0.1, 0.15) is 26.3 Å². The molecule has 0 bridgehead atoms. The van der Waals surface area contributed by atoms with E-state index in [0.717, 1.165) is 29.8 Å². The summed E-state index contributed by atoms with van der Waals surface area (Å²) < 4.78 is 27.9. The van der Waals surface area contributed by atoms with E-state index in [9.17, 15) is 38.2 Å². The van der Waals surface area contributed by atoms with Gasteiger partial charge in [-0.15, -0.1) is 0 Å². The Morgan fingerprint density at radius 1 is 0.763 bits per heavy atom. The number of nitro benzene ring substituents is 2. The average molecular weight is 532 g/mol. The molecule has 13 heteroatoms. The lowest BCUT2D eigenvalue weighted by Crippen LogP contribution is -2.40. The van der Waals surface area contributed by atoms with Gasteiger partial charge in [0.2, 0.25) is 10.0 Å². The third kappa shape index (κ3) is 4.25. The highest BCUT2D eigenvalue weighted by Gasteiger charge is 2.37. The normalized spacial score (nSPS) is 13.1. The number of benzene rings is 4. The number of hydrogen-bond donors (Lipinski definition) is 1. The van der Waals surface area contributed by atoms with Gasteiger partial charge >= 0.3 is 0 Å². The molecule has 0 unspecified atom stereocenters. The molecule has 0 aliphatic carbocycles. The summed E-state index contributed by atoms with van der Waals surface area (Å²) in [6, 6.07) is 17.9. The lowest BCUT2D eigenvalue weighted by atomic mass is 9.92. The van der Waals surface area contributed by atoms with Crippen molar-refractivity contribution in [1.82, 2.24) is 4.72 Å². The van der Waals surface area contributed by atoms with Crippen molar-refractivity contribution in [1.29, 1.82) is 0 Å². The highest BCUT2D eigenvalue weighted by molar-refractivity contribution is 7.89. The fourth-order valence-electron chi connectivity index (χ4n) is 4.23. The van der Waals surface area contributed by atoms with Gasteiger partial charge in [-0.1, -0.05) is 30.3 Å². The van der Waals surface area contributed by atoms with Gasteiger partial charge in [0.1, 0.15) is 0 Å². The van der Waals surface area contributed by atoms with Crippen LogP contribution in [0.25, 0.3) is 10.8 Å². The molecule has 12 nitrogen and oxygen atoms in total. The van der Waals surface area contributed by atoms with Gasteiger partial charge in [-0.25, -0.2) is 18.0 Å². The van der Waals surface area contributed by atoms with Crippen LogP contribution in [-0.4, -0.2) is 30.1 Å². The highest BCUT2D eigenvalue weighted by atomic mass is 32.2. The third-order valence-corrected chi connectivity index (χ3v) is 7.44. The van der Waals surface area contributed by atoms with E-state index >= 15 is 0 Å². The van der Waals surface area contributed by atoms with Crippen molar-refractivity contribution < 1.29 is 27.9 Å². The van der Waals surface area contributed by atoms with Crippen molar-refractivity contribution >= 4 is 49.7 Å². The second-order valence-corrected chi connectivity index (χ2v) is 10.1. The minimum absolute atomic E-state index is 0.00526. The number of nitro groups is 2. The standard InChI is InChI=1S/C25H16N4O8S/c30-24-21-12-18(28(32)33)10-16-11-19(29(34)35)13-22(23(16)21)25(31)27(24)17-6-8-20(9-7-17)38(36,37)26-14-15-4-2-1-3-5-15/h1-13,26H,14H2. The number of non-ortho nitro benzene ring substituents is 2. The van der Waals surface area contributed by atoms with E-state index in [1.165, 1.54) is 24.3 Å². The van der Waals surface area contributed by atoms with Crippen molar-refractivity contribution in [2.75, 3.05) is 4.90 Å². The number of sulfonamides is 1. The lowest BCUT2D eigenvalue weighted by Gasteiger charge is -2.27. The summed E-state index contributed by atoms with van der Waals surface area (Å²) in [4.78, 5) is 48.7. The van der Waals surface area contributed by atoms with E-state index in [1.54, 1.807) is 30.3 Å². The van der Waals surface area contributed by atoms with Crippen LogP contribution in [0.2, 0.25) is 0 Å². The highest BCUT2D eigenvalue weighted by Crippen LogP contribution is 2.38. The summed E-state index contributed by atoms with van der Waals surface area (Å²) >= 11 is 0. The van der Waals surface area contributed by atoms with Crippen LogP contribution in [0.15, 0.2) is 83.8 Å². The Labute approximate surface area is 214 Å². The molecule has 0 spiro atoms. The summed E-state index contributed by atoms with van der Waals surface area (Å²) in [6.07, 6.45) is 0. The first-order valence-corrected chi connectivity index (χ1v) is 12.5. The van der Waals surface area contributed by atoms with Gasteiger partial charge in [-0.05, 0) is 35.2 Å². The summed E-state index contributed by atoms with van der Waals surface area (Å²) in [6.45, 7) is 0.0480. The molecule has 0 radical (unpaired) electrons. The minimum Gasteiger partial charge on any atom is -0.268 e. The number of carbonyl (C=O) groups excluding carboxylic acids is 2. The predicted octanol–water partition coefficient (Wildman–Crippen LogP) is 3.94. The smallest absolute Gasteiger partial charge is 0.268 e. The summed E-state index contributed by atoms with van der Waals surface area (Å²) in [5.74, 6) is -1.77. The van der Waals surface area contributed by atoms with Gasteiger partial charge in [0.05, 0.1) is 31.6 Å². The van der Waals surface area contributed by atoms with Crippen LogP contribution in [0, 0.1) is 20.2 Å². The number of amides is 2. The number of nitrogens with zero attached hydrogens (tertiary/aromatic N) is 3. The molecule has 0 saturated carbocycles. The summed E-state index contributed by atoms with van der Waals surface area (Å²) in [5.41, 5.74) is -0.591. The maximum atomic E-state index is 13.4. The minimum atomic E-state index is -3.93. The number of anilines is 1. The number of rotatable bonds is 7. The zero-order chi connectivity index (χ0) is 27.2. The number of imide groups is 1. The van der Waals surface area contributed by atoms with Gasteiger partial charge in [-0.2, -0.15) is 0 Å². The molecule has 5 rings (SSSR count). The molecule has 38 heavy (non-hydrogen) atoms. The van der Waals surface area contributed by atoms with E-state index in [0.29, 0.717) is 4.90 Å². The van der Waals surface area contributed by atoms with E-state index in [2.05, 4.69) is 4.72 Å². The van der Waals surface area contributed by atoms with Crippen molar-refractivity contribution in [3.8, 4) is 0 Å². The zero-order valence-electron chi connectivity index (χ0n) is 19.2. The van der Waals surface area contributed by atoms with Gasteiger partial charge < -0.3 is 0 Å². The Bertz CT molecular complexity index is 1700. The molecule has 1 aliphatic heterocycles. The molecule has 0 saturated heterocycles. The maximum absolute atomic E-state index is 13.4. The predicted molar refractivity (Wildman–Crippen MR) is 135 cm³/mol. The average Bonchev–Trinajstić information content (AvgIpc) is 2.90. The van der Waals surface area contributed by atoms with Crippen molar-refractivity contribution in [3.63, 3.8) is 0 Å². The molecule has 190 valence electrons. The van der Waals surface area contributed by atoms with Crippen LogP contribution in [0.3, 0.4) is 0 Å². The third-order valence-electron chi connectivity index (χ3n) is 6.02. The molecule has 1 aliphatic rings. The molecule has 1 N–H and O–H groups in total.